The Morgan fingerprint density at radius 2 is 1.46 bits per heavy atom. The van der Waals surface area contributed by atoms with Crippen molar-refractivity contribution < 1.29 is 0 Å². The molecule has 0 fully saturated rings. The van der Waals surface area contributed by atoms with Gasteiger partial charge in [-0.25, -0.2) is 0 Å². The van der Waals surface area contributed by atoms with E-state index in [2.05, 4.69) is 35.5 Å². The van der Waals surface area contributed by atoms with Crippen LogP contribution in [-0.4, -0.2) is 14.8 Å². The molecule has 1 aromatic heterocycles. The molecule has 13 heavy (non-hydrogen) atoms. The topological polar surface area (TPSA) is 30.7 Å². The van der Waals surface area contributed by atoms with Crippen LogP contribution in [0.15, 0.2) is 40.6 Å². The van der Waals surface area contributed by atoms with Gasteiger partial charge in [-0.15, -0.1) is 35.5 Å². The van der Waals surface area contributed by atoms with Crippen molar-refractivity contribution in [1.29, 1.82) is 0 Å². The first-order valence-corrected chi connectivity index (χ1v) is 4.57. The van der Waals surface area contributed by atoms with Gasteiger partial charge in [0.2, 0.25) is 0 Å². The lowest BCUT2D eigenvalue weighted by Gasteiger charge is -2.03. The molecule has 0 spiro atoms. The predicted molar refractivity (Wildman–Crippen MR) is 55.9 cm³/mol. The number of para-hydroxylation sites is 1. The SMILES string of the molecule is Sc1nnc(S)n1-c1ccccc1. The maximum atomic E-state index is 4.17. The van der Waals surface area contributed by atoms with E-state index in [9.17, 15) is 0 Å². The van der Waals surface area contributed by atoms with Gasteiger partial charge in [0.1, 0.15) is 0 Å². The highest BCUT2D eigenvalue weighted by Crippen LogP contribution is 2.16. The summed E-state index contributed by atoms with van der Waals surface area (Å²) in [5.41, 5.74) is 0.961. The van der Waals surface area contributed by atoms with Crippen molar-refractivity contribution in [2.24, 2.45) is 0 Å². The predicted octanol–water partition coefficient (Wildman–Crippen LogP) is 1.84. The van der Waals surface area contributed by atoms with Crippen molar-refractivity contribution in [2.45, 2.75) is 10.3 Å². The van der Waals surface area contributed by atoms with Crippen LogP contribution >= 0.6 is 25.3 Å². The Morgan fingerprint density at radius 1 is 0.923 bits per heavy atom. The summed E-state index contributed by atoms with van der Waals surface area (Å²) in [6, 6.07) is 9.72. The first-order valence-electron chi connectivity index (χ1n) is 3.68. The Hall–Kier alpha value is -0.940. The molecule has 1 aromatic carbocycles. The second-order valence-electron chi connectivity index (χ2n) is 2.47. The monoisotopic (exact) mass is 209 g/mol. The molecule has 0 bridgehead atoms. The number of thiol groups is 2. The quantitative estimate of drug-likeness (QED) is 0.702. The zero-order valence-electron chi connectivity index (χ0n) is 6.62. The van der Waals surface area contributed by atoms with Crippen molar-refractivity contribution in [3.63, 3.8) is 0 Å². The fraction of sp³-hybridized carbons (Fsp3) is 0. The van der Waals surface area contributed by atoms with E-state index in [4.69, 9.17) is 0 Å². The van der Waals surface area contributed by atoms with Crippen LogP contribution in [-0.2, 0) is 0 Å². The van der Waals surface area contributed by atoms with Crippen LogP contribution in [0.4, 0.5) is 0 Å². The highest BCUT2D eigenvalue weighted by atomic mass is 32.1. The molecule has 2 aromatic rings. The third-order valence-electron chi connectivity index (χ3n) is 1.64. The third-order valence-corrected chi connectivity index (χ3v) is 2.22. The maximum Gasteiger partial charge on any atom is 0.193 e. The molecule has 0 aliphatic heterocycles. The summed E-state index contributed by atoms with van der Waals surface area (Å²) in [6.07, 6.45) is 0. The van der Waals surface area contributed by atoms with E-state index >= 15 is 0 Å². The first-order chi connectivity index (χ1) is 6.29. The fourth-order valence-corrected chi connectivity index (χ4v) is 1.67. The molecule has 3 nitrogen and oxygen atoms in total. The zero-order valence-corrected chi connectivity index (χ0v) is 8.41. The lowest BCUT2D eigenvalue weighted by atomic mass is 10.3. The second-order valence-corrected chi connectivity index (χ2v) is 3.27. The Balaban J connectivity index is 2.59. The molecule has 0 N–H and O–H groups in total. The molecular weight excluding hydrogens is 202 g/mol. The van der Waals surface area contributed by atoms with Gasteiger partial charge in [0.15, 0.2) is 10.3 Å². The van der Waals surface area contributed by atoms with Crippen LogP contribution < -0.4 is 0 Å². The van der Waals surface area contributed by atoms with Crippen molar-refractivity contribution in [3.05, 3.63) is 30.3 Å². The summed E-state index contributed by atoms with van der Waals surface area (Å²) in [4.78, 5) is 0. The van der Waals surface area contributed by atoms with Gasteiger partial charge in [0, 0.05) is 0 Å². The van der Waals surface area contributed by atoms with Crippen LogP contribution in [0.3, 0.4) is 0 Å². The molecule has 5 heteroatoms. The molecule has 0 saturated heterocycles. The second kappa shape index (κ2) is 3.43. The molecule has 0 aliphatic carbocycles. The summed E-state index contributed by atoms with van der Waals surface area (Å²) in [6.45, 7) is 0. The summed E-state index contributed by atoms with van der Waals surface area (Å²) >= 11 is 8.34. The summed E-state index contributed by atoms with van der Waals surface area (Å²) in [7, 11) is 0. The van der Waals surface area contributed by atoms with Gasteiger partial charge in [-0.3, -0.25) is 4.57 Å². The van der Waals surface area contributed by atoms with Crippen molar-refractivity contribution in [2.75, 3.05) is 0 Å². The third kappa shape index (κ3) is 1.57. The van der Waals surface area contributed by atoms with E-state index < -0.39 is 0 Å². The molecule has 0 radical (unpaired) electrons. The number of rotatable bonds is 1. The highest BCUT2D eigenvalue weighted by molar-refractivity contribution is 7.80. The van der Waals surface area contributed by atoms with Gasteiger partial charge in [0.05, 0.1) is 5.69 Å². The van der Waals surface area contributed by atoms with E-state index in [1.54, 1.807) is 4.57 Å². The number of aromatic nitrogens is 3. The van der Waals surface area contributed by atoms with Gasteiger partial charge in [-0.1, -0.05) is 18.2 Å². The fourth-order valence-electron chi connectivity index (χ4n) is 1.08. The molecule has 0 unspecified atom stereocenters. The van der Waals surface area contributed by atoms with E-state index in [0.717, 1.165) is 5.69 Å². The Bertz CT molecular complexity index is 391. The van der Waals surface area contributed by atoms with Crippen LogP contribution in [0.25, 0.3) is 5.69 Å². The van der Waals surface area contributed by atoms with Crippen LogP contribution in [0.2, 0.25) is 0 Å². The molecule has 2 rings (SSSR count). The molecular formula is C8H7N3S2. The Labute approximate surface area is 86.6 Å². The van der Waals surface area contributed by atoms with E-state index in [0.29, 0.717) is 10.3 Å². The zero-order chi connectivity index (χ0) is 9.26. The first kappa shape index (κ1) is 8.65. The number of nitrogens with zero attached hydrogens (tertiary/aromatic N) is 3. The molecule has 0 saturated carbocycles. The largest absolute Gasteiger partial charge is 0.265 e. The highest BCUT2D eigenvalue weighted by Gasteiger charge is 2.06. The Morgan fingerprint density at radius 3 is 2.00 bits per heavy atom. The standard InChI is InChI=1S/C8H7N3S2/c12-7-9-10-8(13)11(7)6-4-2-1-3-5-6/h1-5H,(H,9,12)(H,10,13). The number of benzene rings is 1. The molecule has 66 valence electrons. The van der Waals surface area contributed by atoms with E-state index in [1.165, 1.54) is 0 Å². The van der Waals surface area contributed by atoms with Crippen molar-refractivity contribution in [3.8, 4) is 5.69 Å². The Kier molecular flexibility index (Phi) is 2.28. The van der Waals surface area contributed by atoms with Crippen molar-refractivity contribution in [1.82, 2.24) is 14.8 Å². The van der Waals surface area contributed by atoms with Gasteiger partial charge in [-0.05, 0) is 12.1 Å². The summed E-state index contributed by atoms with van der Waals surface area (Å²) in [5, 5.41) is 8.66. The average Bonchev–Trinajstić information content (AvgIpc) is 2.48. The number of hydrogen-bond acceptors (Lipinski definition) is 4. The van der Waals surface area contributed by atoms with Gasteiger partial charge >= 0.3 is 0 Å². The van der Waals surface area contributed by atoms with Gasteiger partial charge in [-0.2, -0.15) is 0 Å². The molecule has 0 atom stereocenters. The van der Waals surface area contributed by atoms with Crippen molar-refractivity contribution >= 4 is 25.3 Å². The molecule has 0 aliphatic rings. The molecule has 0 amide bonds. The maximum absolute atomic E-state index is 4.17. The summed E-state index contributed by atoms with van der Waals surface area (Å²) in [5.74, 6) is 0. The lowest BCUT2D eigenvalue weighted by Crippen LogP contribution is -1.94. The smallest absolute Gasteiger partial charge is 0.193 e. The normalized spacial score (nSPS) is 10.3. The van der Waals surface area contributed by atoms with Crippen LogP contribution in [0.5, 0.6) is 0 Å². The number of hydrogen-bond donors (Lipinski definition) is 2. The lowest BCUT2D eigenvalue weighted by molar-refractivity contribution is 0.835. The van der Waals surface area contributed by atoms with Crippen LogP contribution in [0.1, 0.15) is 0 Å². The minimum absolute atomic E-state index is 0.538. The van der Waals surface area contributed by atoms with Gasteiger partial charge in [0.25, 0.3) is 0 Å². The minimum atomic E-state index is 0.538. The van der Waals surface area contributed by atoms with E-state index in [1.807, 2.05) is 30.3 Å². The minimum Gasteiger partial charge on any atom is -0.265 e. The average molecular weight is 209 g/mol. The molecule has 1 heterocycles. The van der Waals surface area contributed by atoms with Crippen LogP contribution in [0, 0.1) is 0 Å². The van der Waals surface area contributed by atoms with Gasteiger partial charge < -0.3 is 0 Å². The summed E-state index contributed by atoms with van der Waals surface area (Å²) < 4.78 is 1.76. The van der Waals surface area contributed by atoms with E-state index in [-0.39, 0.29) is 0 Å².